The molecule has 10 nitrogen and oxygen atoms in total. The summed E-state index contributed by atoms with van der Waals surface area (Å²) in [6, 6.07) is -0.0549. The second-order valence-corrected chi connectivity index (χ2v) is 14.0. The van der Waals surface area contributed by atoms with Gasteiger partial charge in [0, 0.05) is 17.5 Å². The van der Waals surface area contributed by atoms with Gasteiger partial charge in [0.05, 0.1) is 19.3 Å². The van der Waals surface area contributed by atoms with Gasteiger partial charge in [-0.25, -0.2) is 4.79 Å². The van der Waals surface area contributed by atoms with E-state index in [0.717, 1.165) is 63.4 Å². The van der Waals surface area contributed by atoms with E-state index >= 15 is 0 Å². The Morgan fingerprint density at radius 2 is 1.77 bits per heavy atom. The van der Waals surface area contributed by atoms with Gasteiger partial charge in [-0.1, -0.05) is 13.8 Å². The molecule has 4 unspecified atom stereocenters. The number of esters is 1. The lowest BCUT2D eigenvalue weighted by molar-refractivity contribution is -0.344. The van der Waals surface area contributed by atoms with Crippen molar-refractivity contribution >= 4 is 5.97 Å². The van der Waals surface area contributed by atoms with Crippen LogP contribution >= 0.6 is 0 Å². The number of rotatable bonds is 5. The Hall–Kier alpha value is -1.11. The third kappa shape index (κ3) is 4.08. The van der Waals surface area contributed by atoms with Crippen molar-refractivity contribution in [3.05, 3.63) is 11.6 Å². The molecule has 0 spiro atoms. The number of fused-ring (bicyclic) bond motifs is 5. The molecule has 0 aromatic rings. The Bertz CT molecular complexity index is 1020. The van der Waals surface area contributed by atoms with Crippen LogP contribution < -0.4 is 0 Å². The van der Waals surface area contributed by atoms with Crippen molar-refractivity contribution in [2.45, 2.75) is 114 Å². The molecular formula is C30H47NO9. The molecule has 6 aliphatic rings. The number of nitrogens with zero attached hydrogens (tertiary/aromatic N) is 1. The highest BCUT2D eigenvalue weighted by Gasteiger charge is 2.68. The van der Waals surface area contributed by atoms with Crippen molar-refractivity contribution in [3.63, 3.8) is 0 Å². The van der Waals surface area contributed by atoms with Gasteiger partial charge < -0.3 is 35.0 Å². The zero-order valence-electron chi connectivity index (χ0n) is 23.9. The molecule has 226 valence electrons. The molecule has 10 heteroatoms. The molecule has 0 aromatic heterocycles. The summed E-state index contributed by atoms with van der Waals surface area (Å²) in [6.07, 6.45) is 3.63. The second-order valence-electron chi connectivity index (χ2n) is 14.0. The highest BCUT2D eigenvalue weighted by Crippen LogP contribution is 2.70. The highest BCUT2D eigenvalue weighted by molar-refractivity contribution is 5.85. The summed E-state index contributed by atoms with van der Waals surface area (Å²) in [7, 11) is 1.53. The van der Waals surface area contributed by atoms with Gasteiger partial charge in [0.25, 0.3) is 0 Å². The first-order chi connectivity index (χ1) is 19.0. The molecule has 1 saturated heterocycles. The van der Waals surface area contributed by atoms with Crippen molar-refractivity contribution < 1.29 is 44.6 Å². The number of hydrogen-bond donors (Lipinski definition) is 5. The van der Waals surface area contributed by atoms with Gasteiger partial charge in [-0.2, -0.15) is 5.06 Å². The van der Waals surface area contributed by atoms with Gasteiger partial charge in [0.1, 0.15) is 31.0 Å². The second kappa shape index (κ2) is 10.3. The van der Waals surface area contributed by atoms with E-state index in [1.807, 2.05) is 0 Å². The van der Waals surface area contributed by atoms with Crippen LogP contribution in [0.5, 0.6) is 0 Å². The van der Waals surface area contributed by atoms with Crippen LogP contribution in [0.2, 0.25) is 0 Å². The zero-order valence-corrected chi connectivity index (χ0v) is 23.9. The molecule has 0 aromatic carbocycles. The van der Waals surface area contributed by atoms with Gasteiger partial charge in [0.2, 0.25) is 0 Å². The monoisotopic (exact) mass is 565 g/mol. The maximum Gasteiger partial charge on any atom is 0.331 e. The molecule has 4 aliphatic carbocycles. The van der Waals surface area contributed by atoms with E-state index in [2.05, 4.69) is 13.8 Å². The molecule has 2 heterocycles. The van der Waals surface area contributed by atoms with E-state index in [1.54, 1.807) is 11.1 Å². The molecule has 13 atom stereocenters. The summed E-state index contributed by atoms with van der Waals surface area (Å²) in [5.74, 6) is 0.949. The normalized spacial score (nSPS) is 52.5. The van der Waals surface area contributed by atoms with Gasteiger partial charge in [-0.05, 0) is 92.4 Å². The summed E-state index contributed by atoms with van der Waals surface area (Å²) in [6.45, 7) is 4.53. The number of carbonyl (C=O) groups excluding carboxylic acids is 1. The van der Waals surface area contributed by atoms with Crippen molar-refractivity contribution in [1.29, 1.82) is 0 Å². The minimum Gasteiger partial charge on any atom is -0.458 e. The van der Waals surface area contributed by atoms with E-state index in [1.165, 1.54) is 7.11 Å². The Morgan fingerprint density at radius 1 is 1.00 bits per heavy atom. The van der Waals surface area contributed by atoms with Crippen LogP contribution in [-0.2, 0) is 19.1 Å². The molecule has 0 bridgehead atoms. The van der Waals surface area contributed by atoms with E-state index in [4.69, 9.17) is 14.3 Å². The van der Waals surface area contributed by atoms with Crippen LogP contribution in [0.4, 0.5) is 0 Å². The van der Waals surface area contributed by atoms with Gasteiger partial charge in [-0.15, -0.1) is 0 Å². The number of cyclic esters (lactones) is 1. The molecule has 5 N–H and O–H groups in total. The van der Waals surface area contributed by atoms with E-state index in [-0.39, 0.29) is 34.7 Å². The first kappa shape index (κ1) is 29.0. The topological polar surface area (TPSA) is 149 Å². The first-order valence-electron chi connectivity index (χ1n) is 15.2. The maximum absolute atomic E-state index is 12.4. The summed E-state index contributed by atoms with van der Waals surface area (Å²) >= 11 is 0. The summed E-state index contributed by atoms with van der Waals surface area (Å²) in [4.78, 5) is 17.6. The molecular weight excluding hydrogens is 518 g/mol. The number of ether oxygens (including phenoxy) is 2. The van der Waals surface area contributed by atoms with Crippen LogP contribution in [0.3, 0.4) is 0 Å². The third-order valence-electron chi connectivity index (χ3n) is 12.6. The molecule has 0 amide bonds. The number of carbonyl (C=O) groups is 1. The fourth-order valence-electron chi connectivity index (χ4n) is 10.4. The zero-order chi connectivity index (χ0) is 28.6. The summed E-state index contributed by atoms with van der Waals surface area (Å²) in [5.41, 5.74) is 0.0988. The highest BCUT2D eigenvalue weighted by atomic mass is 16.7. The Kier molecular flexibility index (Phi) is 7.43. The average Bonchev–Trinajstić information content (AvgIpc) is 3.48. The lowest BCUT2D eigenvalue weighted by Crippen LogP contribution is -2.66. The Morgan fingerprint density at radius 3 is 2.45 bits per heavy atom. The van der Waals surface area contributed by atoms with E-state index < -0.39 is 42.9 Å². The van der Waals surface area contributed by atoms with Crippen molar-refractivity contribution in [2.75, 3.05) is 20.3 Å². The predicted octanol–water partition coefficient (Wildman–Crippen LogP) is 1.28. The van der Waals surface area contributed by atoms with Crippen molar-refractivity contribution in [3.8, 4) is 0 Å². The van der Waals surface area contributed by atoms with Crippen LogP contribution in [-0.4, -0.2) is 99.2 Å². The van der Waals surface area contributed by atoms with E-state index in [0.29, 0.717) is 18.4 Å². The number of hydroxylamine groups is 2. The predicted molar refractivity (Wildman–Crippen MR) is 142 cm³/mol. The molecule has 5 fully saturated rings. The first-order valence-corrected chi connectivity index (χ1v) is 15.2. The van der Waals surface area contributed by atoms with Crippen LogP contribution in [0, 0.1) is 34.5 Å². The fraction of sp³-hybridized carbons (Fsp3) is 0.900. The lowest BCUT2D eigenvalue weighted by atomic mass is 9.43. The quantitative estimate of drug-likeness (QED) is 0.244. The third-order valence-corrected chi connectivity index (χ3v) is 12.6. The molecule has 0 radical (unpaired) electrons. The summed E-state index contributed by atoms with van der Waals surface area (Å²) in [5, 5.41) is 55.1. The van der Waals surface area contributed by atoms with Crippen molar-refractivity contribution in [1.82, 2.24) is 5.06 Å². The van der Waals surface area contributed by atoms with Crippen molar-refractivity contribution in [2.24, 2.45) is 34.5 Å². The summed E-state index contributed by atoms with van der Waals surface area (Å²) < 4.78 is 11.1. The minimum absolute atomic E-state index is 0.0549. The Labute approximate surface area is 236 Å². The van der Waals surface area contributed by atoms with Gasteiger partial charge in [-0.3, -0.25) is 4.84 Å². The smallest absolute Gasteiger partial charge is 0.331 e. The fourth-order valence-corrected chi connectivity index (χ4v) is 10.4. The molecule has 4 saturated carbocycles. The van der Waals surface area contributed by atoms with Gasteiger partial charge in [0.15, 0.2) is 6.23 Å². The number of aliphatic hydroxyl groups is 5. The minimum atomic E-state index is -1.45. The molecule has 6 rings (SSSR count). The lowest BCUT2D eigenvalue weighted by Gasteiger charge is -2.64. The average molecular weight is 566 g/mol. The standard InChI is InChI=1S/C30H47NO9/c1-28-9-6-18(31(38-3)27-26(36)25(35)24(34)22(14-32)40-27)13-17(28)4-5-21-20(28)7-10-29(2)19(8-11-30(21,29)37)16-12-23(33)39-15-16/h12,17-22,24-27,32,34-37H,4-11,13-15H2,1-3H3/t17?,18-,19+,20?,21?,22+,24-,25+,26+,27?,28-,29+,30-/m0/s1. The molecule has 2 aliphatic heterocycles. The van der Waals surface area contributed by atoms with Crippen LogP contribution in [0.1, 0.15) is 71.6 Å². The van der Waals surface area contributed by atoms with Crippen LogP contribution in [0.15, 0.2) is 11.6 Å². The maximum atomic E-state index is 12.4. The Balaban J connectivity index is 1.19. The van der Waals surface area contributed by atoms with Gasteiger partial charge >= 0.3 is 5.97 Å². The largest absolute Gasteiger partial charge is 0.458 e. The molecule has 40 heavy (non-hydrogen) atoms. The van der Waals surface area contributed by atoms with E-state index in [9.17, 15) is 30.3 Å². The number of hydrogen-bond acceptors (Lipinski definition) is 10. The SMILES string of the molecule is CON(C1O[C@H](CO)[C@H](O)[C@@H](O)[C@H]1O)[C@H]1CC[C@@]2(C)C(CCC3C2CC[C@]2(C)[C@@H](C4=CC(=O)OC4)CC[C@]32O)C1. The van der Waals surface area contributed by atoms with Crippen LogP contribution in [0.25, 0.3) is 0 Å². The number of aliphatic hydroxyl groups excluding tert-OH is 4.